The fraction of sp³-hybridized carbons (Fsp3) is 0.294. The number of carbonyl (C=O) groups is 1. The molecule has 0 fully saturated rings. The van der Waals surface area contributed by atoms with Gasteiger partial charge in [-0.05, 0) is 43.4 Å². The lowest BCUT2D eigenvalue weighted by atomic mass is 10.1. The number of nitrogens with one attached hydrogen (secondary N) is 1. The van der Waals surface area contributed by atoms with Crippen molar-refractivity contribution in [2.24, 2.45) is 0 Å². The van der Waals surface area contributed by atoms with Gasteiger partial charge in [-0.1, -0.05) is 11.8 Å². The van der Waals surface area contributed by atoms with E-state index in [1.165, 1.54) is 0 Å². The maximum absolute atomic E-state index is 12.6. The summed E-state index contributed by atoms with van der Waals surface area (Å²) in [6.45, 7) is 0.860. The average molecular weight is 354 g/mol. The van der Waals surface area contributed by atoms with Gasteiger partial charge in [0, 0.05) is 30.2 Å². The number of imidazole rings is 1. The van der Waals surface area contributed by atoms with Crippen LogP contribution in [0.1, 0.15) is 35.1 Å². The third kappa shape index (κ3) is 3.05. The number of aromatic nitrogens is 5. The Labute approximate surface area is 149 Å². The predicted octanol–water partition coefficient (Wildman–Crippen LogP) is 2.45. The van der Waals surface area contributed by atoms with Crippen LogP contribution >= 0.6 is 11.8 Å². The van der Waals surface area contributed by atoms with Gasteiger partial charge >= 0.3 is 0 Å². The molecule has 1 aliphatic heterocycles. The first-order valence-corrected chi connectivity index (χ1v) is 9.35. The van der Waals surface area contributed by atoms with E-state index in [2.05, 4.69) is 20.4 Å². The number of hydrogen-bond acceptors (Lipinski definition) is 5. The van der Waals surface area contributed by atoms with Gasteiger partial charge in [-0.15, -0.1) is 0 Å². The summed E-state index contributed by atoms with van der Waals surface area (Å²) >= 11 is 1.58. The minimum absolute atomic E-state index is 0.0832. The number of amides is 1. The Morgan fingerprint density at radius 3 is 2.92 bits per heavy atom. The number of hydrogen-bond donors (Lipinski definition) is 1. The molecule has 1 N–H and O–H groups in total. The van der Waals surface area contributed by atoms with Crippen molar-refractivity contribution in [2.75, 3.05) is 6.26 Å². The van der Waals surface area contributed by atoms with E-state index in [1.807, 2.05) is 46.0 Å². The molecule has 1 atom stereocenters. The lowest BCUT2D eigenvalue weighted by Gasteiger charge is -2.23. The van der Waals surface area contributed by atoms with Crippen LogP contribution < -0.4 is 5.32 Å². The fourth-order valence-electron chi connectivity index (χ4n) is 3.08. The molecule has 1 aromatic carbocycles. The van der Waals surface area contributed by atoms with Crippen LogP contribution in [0.25, 0.3) is 5.69 Å². The SMILES string of the molecule is CSc1nccn1-c1ccc(C(=O)N[C@@H]2CCCn3ncnc32)cc1. The molecular weight excluding hydrogens is 336 g/mol. The summed E-state index contributed by atoms with van der Waals surface area (Å²) in [5, 5.41) is 8.17. The van der Waals surface area contributed by atoms with Gasteiger partial charge in [-0.3, -0.25) is 9.36 Å². The summed E-state index contributed by atoms with van der Waals surface area (Å²) < 4.78 is 3.86. The summed E-state index contributed by atoms with van der Waals surface area (Å²) in [4.78, 5) is 21.1. The molecule has 0 saturated heterocycles. The molecule has 3 aromatic rings. The molecule has 128 valence electrons. The number of aryl methyl sites for hydroxylation is 1. The quantitative estimate of drug-likeness (QED) is 0.728. The zero-order valence-corrected chi connectivity index (χ0v) is 14.6. The van der Waals surface area contributed by atoms with E-state index in [9.17, 15) is 4.79 Å². The van der Waals surface area contributed by atoms with Crippen LogP contribution in [0.2, 0.25) is 0 Å². The van der Waals surface area contributed by atoms with Crippen LogP contribution in [0.3, 0.4) is 0 Å². The standard InChI is InChI=1S/C17H18N6OS/c1-25-17-18-8-10-22(17)13-6-4-12(5-7-13)16(24)21-14-3-2-9-23-15(14)19-11-20-23/h4-8,10-11,14H,2-3,9H2,1H3,(H,21,24)/t14-/m1/s1. The van der Waals surface area contributed by atoms with Gasteiger partial charge in [-0.2, -0.15) is 5.10 Å². The highest BCUT2D eigenvalue weighted by Gasteiger charge is 2.24. The smallest absolute Gasteiger partial charge is 0.251 e. The molecule has 4 rings (SSSR count). The second-order valence-corrected chi connectivity index (χ2v) is 6.61. The van der Waals surface area contributed by atoms with E-state index in [-0.39, 0.29) is 11.9 Å². The van der Waals surface area contributed by atoms with E-state index in [0.29, 0.717) is 5.56 Å². The Morgan fingerprint density at radius 1 is 1.28 bits per heavy atom. The largest absolute Gasteiger partial charge is 0.342 e. The zero-order chi connectivity index (χ0) is 17.2. The molecular formula is C17H18N6OS. The molecule has 8 heteroatoms. The molecule has 25 heavy (non-hydrogen) atoms. The highest BCUT2D eigenvalue weighted by atomic mass is 32.2. The van der Waals surface area contributed by atoms with E-state index >= 15 is 0 Å². The van der Waals surface area contributed by atoms with Crippen LogP contribution in [0.5, 0.6) is 0 Å². The van der Waals surface area contributed by atoms with Crippen LogP contribution in [-0.2, 0) is 6.54 Å². The van der Waals surface area contributed by atoms with Crippen molar-refractivity contribution in [3.63, 3.8) is 0 Å². The molecule has 1 aliphatic rings. The third-order valence-electron chi connectivity index (χ3n) is 4.32. The van der Waals surface area contributed by atoms with E-state index < -0.39 is 0 Å². The first-order valence-electron chi connectivity index (χ1n) is 8.12. The van der Waals surface area contributed by atoms with Gasteiger partial charge in [0.15, 0.2) is 5.16 Å². The van der Waals surface area contributed by atoms with Crippen LogP contribution in [0.15, 0.2) is 48.1 Å². The van der Waals surface area contributed by atoms with Gasteiger partial charge in [-0.25, -0.2) is 14.6 Å². The second-order valence-electron chi connectivity index (χ2n) is 5.84. The number of thioether (sulfide) groups is 1. The number of fused-ring (bicyclic) bond motifs is 1. The van der Waals surface area contributed by atoms with Crippen LogP contribution in [0, 0.1) is 0 Å². The lowest BCUT2D eigenvalue weighted by Crippen LogP contribution is -2.33. The third-order valence-corrected chi connectivity index (χ3v) is 4.99. The van der Waals surface area contributed by atoms with E-state index in [1.54, 1.807) is 24.3 Å². The molecule has 7 nitrogen and oxygen atoms in total. The first-order chi connectivity index (χ1) is 12.3. The highest BCUT2D eigenvalue weighted by Crippen LogP contribution is 2.23. The molecule has 0 radical (unpaired) electrons. The highest BCUT2D eigenvalue weighted by molar-refractivity contribution is 7.98. The first kappa shape index (κ1) is 15.9. The Hall–Kier alpha value is -2.61. The van der Waals surface area contributed by atoms with Gasteiger partial charge in [0.1, 0.15) is 12.2 Å². The molecule has 2 aromatic heterocycles. The van der Waals surface area contributed by atoms with Crippen LogP contribution in [-0.4, -0.2) is 36.5 Å². The van der Waals surface area contributed by atoms with Gasteiger partial charge in [0.05, 0.1) is 6.04 Å². The Bertz CT molecular complexity index is 885. The maximum Gasteiger partial charge on any atom is 0.251 e. The molecule has 0 aliphatic carbocycles. The monoisotopic (exact) mass is 354 g/mol. The summed E-state index contributed by atoms with van der Waals surface area (Å²) in [5.74, 6) is 0.739. The molecule has 3 heterocycles. The van der Waals surface area contributed by atoms with E-state index in [4.69, 9.17) is 0 Å². The van der Waals surface area contributed by atoms with Crippen molar-refractivity contribution in [1.29, 1.82) is 0 Å². The summed E-state index contributed by atoms with van der Waals surface area (Å²) in [6.07, 6.45) is 9.08. The Balaban J connectivity index is 1.50. The minimum atomic E-state index is -0.0938. The molecule has 1 amide bonds. The van der Waals surface area contributed by atoms with Crippen molar-refractivity contribution in [1.82, 2.24) is 29.6 Å². The molecule has 0 unspecified atom stereocenters. The summed E-state index contributed by atoms with van der Waals surface area (Å²) in [6, 6.07) is 7.45. The molecule has 0 spiro atoms. The van der Waals surface area contributed by atoms with Crippen molar-refractivity contribution >= 4 is 17.7 Å². The molecule has 0 saturated carbocycles. The second kappa shape index (κ2) is 6.72. The summed E-state index contributed by atoms with van der Waals surface area (Å²) in [5.41, 5.74) is 1.61. The maximum atomic E-state index is 12.6. The van der Waals surface area contributed by atoms with E-state index in [0.717, 1.165) is 36.1 Å². The van der Waals surface area contributed by atoms with Crippen molar-refractivity contribution in [2.45, 2.75) is 30.6 Å². The lowest BCUT2D eigenvalue weighted by molar-refractivity contribution is 0.0927. The Morgan fingerprint density at radius 2 is 2.12 bits per heavy atom. The predicted molar refractivity (Wildman–Crippen MR) is 94.8 cm³/mol. The number of rotatable bonds is 4. The van der Waals surface area contributed by atoms with Crippen molar-refractivity contribution in [3.05, 3.63) is 54.4 Å². The zero-order valence-electron chi connectivity index (χ0n) is 13.8. The van der Waals surface area contributed by atoms with Crippen LogP contribution in [0.4, 0.5) is 0 Å². The molecule has 0 bridgehead atoms. The average Bonchev–Trinajstić information content (AvgIpc) is 3.31. The Kier molecular flexibility index (Phi) is 4.27. The fourth-order valence-corrected chi connectivity index (χ4v) is 3.61. The van der Waals surface area contributed by atoms with Gasteiger partial charge < -0.3 is 5.32 Å². The van der Waals surface area contributed by atoms with Gasteiger partial charge in [0.2, 0.25) is 0 Å². The topological polar surface area (TPSA) is 77.6 Å². The minimum Gasteiger partial charge on any atom is -0.342 e. The number of benzene rings is 1. The number of nitrogens with zero attached hydrogens (tertiary/aromatic N) is 5. The van der Waals surface area contributed by atoms with Crippen molar-refractivity contribution < 1.29 is 4.79 Å². The van der Waals surface area contributed by atoms with Crippen molar-refractivity contribution in [3.8, 4) is 5.69 Å². The number of carbonyl (C=O) groups excluding carboxylic acids is 1. The summed E-state index contributed by atoms with van der Waals surface area (Å²) in [7, 11) is 0. The normalized spacial score (nSPS) is 16.4. The van der Waals surface area contributed by atoms with Gasteiger partial charge in [0.25, 0.3) is 5.91 Å².